The maximum atomic E-state index is 11.8. The zero-order chi connectivity index (χ0) is 14.3. The predicted octanol–water partition coefficient (Wildman–Crippen LogP) is 2.47. The van der Waals surface area contributed by atoms with Gasteiger partial charge >= 0.3 is 6.09 Å². The topological polar surface area (TPSA) is 64.3 Å². The first kappa shape index (κ1) is 15.5. The second kappa shape index (κ2) is 7.14. The summed E-state index contributed by atoms with van der Waals surface area (Å²) in [5.41, 5.74) is 6.29. The Morgan fingerprint density at radius 3 is 2.47 bits per heavy atom. The van der Waals surface area contributed by atoms with E-state index < -0.39 is 5.60 Å². The molecule has 0 aromatic heterocycles. The molecule has 0 aliphatic heterocycles. The highest BCUT2D eigenvalue weighted by molar-refractivity contribution is 5.68. The highest BCUT2D eigenvalue weighted by Crippen LogP contribution is 2.09. The number of alkyl carbamates (subject to hydrolysis) is 1. The molecule has 1 amide bonds. The van der Waals surface area contributed by atoms with Crippen LogP contribution >= 0.6 is 0 Å². The lowest BCUT2D eigenvalue weighted by Gasteiger charge is -2.23. The minimum absolute atomic E-state index is 0.00208. The molecular formula is C15H24N2O2. The van der Waals surface area contributed by atoms with E-state index in [0.717, 1.165) is 12.8 Å². The number of carbonyl (C=O) groups is 1. The Hall–Kier alpha value is -1.55. The van der Waals surface area contributed by atoms with Crippen molar-refractivity contribution in [2.75, 3.05) is 6.54 Å². The van der Waals surface area contributed by atoms with Crippen molar-refractivity contribution in [2.45, 2.75) is 45.3 Å². The van der Waals surface area contributed by atoms with Crippen LogP contribution in [0.15, 0.2) is 30.3 Å². The molecule has 0 spiro atoms. The Bertz CT molecular complexity index is 385. The van der Waals surface area contributed by atoms with Gasteiger partial charge in [-0.15, -0.1) is 0 Å². The monoisotopic (exact) mass is 264 g/mol. The van der Waals surface area contributed by atoms with Crippen molar-refractivity contribution < 1.29 is 9.53 Å². The molecule has 0 fully saturated rings. The van der Waals surface area contributed by atoms with Gasteiger partial charge in [-0.05, 0) is 45.7 Å². The van der Waals surface area contributed by atoms with E-state index in [-0.39, 0.29) is 12.1 Å². The van der Waals surface area contributed by atoms with Crippen molar-refractivity contribution in [2.24, 2.45) is 5.73 Å². The normalized spacial score (nSPS) is 12.8. The van der Waals surface area contributed by atoms with Crippen molar-refractivity contribution in [1.29, 1.82) is 0 Å². The van der Waals surface area contributed by atoms with Gasteiger partial charge in [-0.2, -0.15) is 0 Å². The molecule has 1 rings (SSSR count). The van der Waals surface area contributed by atoms with E-state index in [1.807, 2.05) is 51.1 Å². The summed E-state index contributed by atoms with van der Waals surface area (Å²) in [6.45, 7) is 6.08. The number of carbonyl (C=O) groups excluding carboxylic acids is 1. The van der Waals surface area contributed by atoms with Crippen LogP contribution in [0.5, 0.6) is 0 Å². The van der Waals surface area contributed by atoms with E-state index in [9.17, 15) is 4.79 Å². The number of nitrogens with one attached hydrogen (secondary N) is 1. The molecule has 4 heteroatoms. The van der Waals surface area contributed by atoms with Gasteiger partial charge in [0.05, 0.1) is 0 Å². The van der Waals surface area contributed by atoms with Crippen molar-refractivity contribution in [3.63, 3.8) is 0 Å². The standard InChI is InChI=1S/C15H24N2O2/c1-15(2,3)19-14(18)17-13(9-10-16)11-12-7-5-4-6-8-12/h4-8,13H,9-11,16H2,1-3H3,(H,17,18)/t13-/m0/s1. The van der Waals surface area contributed by atoms with Crippen LogP contribution in [0.4, 0.5) is 4.79 Å². The van der Waals surface area contributed by atoms with Gasteiger partial charge < -0.3 is 15.8 Å². The molecule has 1 aromatic carbocycles. The summed E-state index contributed by atoms with van der Waals surface area (Å²) in [6.07, 6.45) is 1.10. The van der Waals surface area contributed by atoms with Crippen molar-refractivity contribution in [3.05, 3.63) is 35.9 Å². The van der Waals surface area contributed by atoms with Gasteiger partial charge in [-0.1, -0.05) is 30.3 Å². The number of amides is 1. The summed E-state index contributed by atoms with van der Waals surface area (Å²) in [6, 6.07) is 10.0. The molecule has 4 nitrogen and oxygen atoms in total. The van der Waals surface area contributed by atoms with Crippen LogP contribution in [0, 0.1) is 0 Å². The lowest BCUT2D eigenvalue weighted by atomic mass is 10.0. The Morgan fingerprint density at radius 2 is 1.95 bits per heavy atom. The Morgan fingerprint density at radius 1 is 1.32 bits per heavy atom. The molecule has 19 heavy (non-hydrogen) atoms. The van der Waals surface area contributed by atoms with E-state index in [1.165, 1.54) is 5.56 Å². The van der Waals surface area contributed by atoms with Crippen molar-refractivity contribution in [1.82, 2.24) is 5.32 Å². The van der Waals surface area contributed by atoms with Crippen LogP contribution in [-0.4, -0.2) is 24.3 Å². The third kappa shape index (κ3) is 6.82. The fourth-order valence-corrected chi connectivity index (χ4v) is 1.80. The second-order valence-electron chi connectivity index (χ2n) is 5.61. The minimum atomic E-state index is -0.482. The van der Waals surface area contributed by atoms with Crippen LogP contribution in [0.2, 0.25) is 0 Å². The Labute approximate surface area is 115 Å². The average Bonchev–Trinajstić information content (AvgIpc) is 2.27. The molecule has 106 valence electrons. The zero-order valence-electron chi connectivity index (χ0n) is 12.0. The highest BCUT2D eigenvalue weighted by atomic mass is 16.6. The van der Waals surface area contributed by atoms with Crippen molar-refractivity contribution >= 4 is 6.09 Å². The minimum Gasteiger partial charge on any atom is -0.444 e. The van der Waals surface area contributed by atoms with Crippen LogP contribution in [0.1, 0.15) is 32.8 Å². The molecule has 0 bridgehead atoms. The summed E-state index contributed by atoms with van der Waals surface area (Å²) >= 11 is 0. The molecule has 0 heterocycles. The molecule has 0 aliphatic carbocycles. The van der Waals surface area contributed by atoms with Crippen LogP contribution < -0.4 is 11.1 Å². The number of ether oxygens (including phenoxy) is 1. The zero-order valence-corrected chi connectivity index (χ0v) is 12.0. The van der Waals surface area contributed by atoms with Crippen LogP contribution in [-0.2, 0) is 11.2 Å². The van der Waals surface area contributed by atoms with E-state index >= 15 is 0 Å². The number of hydrogen-bond acceptors (Lipinski definition) is 3. The third-order valence-corrected chi connectivity index (χ3v) is 2.56. The molecule has 0 saturated carbocycles. The molecular weight excluding hydrogens is 240 g/mol. The largest absolute Gasteiger partial charge is 0.444 e. The van der Waals surface area contributed by atoms with Crippen molar-refractivity contribution in [3.8, 4) is 0 Å². The first-order chi connectivity index (χ1) is 8.90. The van der Waals surface area contributed by atoms with Gasteiger partial charge in [0.2, 0.25) is 0 Å². The maximum Gasteiger partial charge on any atom is 0.407 e. The molecule has 0 saturated heterocycles. The fourth-order valence-electron chi connectivity index (χ4n) is 1.80. The van der Waals surface area contributed by atoms with E-state index in [1.54, 1.807) is 0 Å². The van der Waals surface area contributed by atoms with Gasteiger partial charge in [-0.25, -0.2) is 4.79 Å². The summed E-state index contributed by atoms with van der Waals surface area (Å²) in [5, 5.41) is 2.88. The smallest absolute Gasteiger partial charge is 0.407 e. The molecule has 3 N–H and O–H groups in total. The van der Waals surface area contributed by atoms with E-state index in [4.69, 9.17) is 10.5 Å². The lowest BCUT2D eigenvalue weighted by Crippen LogP contribution is -2.41. The highest BCUT2D eigenvalue weighted by Gasteiger charge is 2.19. The first-order valence-electron chi connectivity index (χ1n) is 6.64. The van der Waals surface area contributed by atoms with Gasteiger partial charge in [0, 0.05) is 6.04 Å². The first-order valence-corrected chi connectivity index (χ1v) is 6.64. The number of benzene rings is 1. The number of nitrogens with two attached hydrogens (primary N) is 1. The maximum absolute atomic E-state index is 11.8. The Kier molecular flexibility index (Phi) is 5.83. The molecule has 0 radical (unpaired) electrons. The van der Waals surface area contributed by atoms with Gasteiger partial charge in [0.25, 0.3) is 0 Å². The van der Waals surface area contributed by atoms with E-state index in [2.05, 4.69) is 5.32 Å². The summed E-state index contributed by atoms with van der Waals surface area (Å²) in [4.78, 5) is 11.8. The second-order valence-corrected chi connectivity index (χ2v) is 5.61. The molecule has 0 aliphatic rings. The SMILES string of the molecule is CC(C)(C)OC(=O)N[C@@H](CCN)Cc1ccccc1. The number of rotatable bonds is 5. The molecule has 1 aromatic rings. The molecule has 1 atom stereocenters. The summed E-state index contributed by atoms with van der Waals surface area (Å²) in [5.74, 6) is 0. The van der Waals surface area contributed by atoms with Crippen LogP contribution in [0.25, 0.3) is 0 Å². The molecule has 0 unspecified atom stereocenters. The third-order valence-electron chi connectivity index (χ3n) is 2.56. The lowest BCUT2D eigenvalue weighted by molar-refractivity contribution is 0.0502. The summed E-state index contributed by atoms with van der Waals surface area (Å²) < 4.78 is 5.26. The quantitative estimate of drug-likeness (QED) is 0.858. The predicted molar refractivity (Wildman–Crippen MR) is 77.0 cm³/mol. The average molecular weight is 264 g/mol. The Balaban J connectivity index is 2.55. The summed E-state index contributed by atoms with van der Waals surface area (Å²) in [7, 11) is 0. The number of hydrogen-bond donors (Lipinski definition) is 2. The van der Waals surface area contributed by atoms with Gasteiger partial charge in [-0.3, -0.25) is 0 Å². The van der Waals surface area contributed by atoms with Gasteiger partial charge in [0.1, 0.15) is 5.60 Å². The van der Waals surface area contributed by atoms with Crippen LogP contribution in [0.3, 0.4) is 0 Å². The van der Waals surface area contributed by atoms with E-state index in [0.29, 0.717) is 6.54 Å². The fraction of sp³-hybridized carbons (Fsp3) is 0.533. The van der Waals surface area contributed by atoms with Gasteiger partial charge in [0.15, 0.2) is 0 Å².